The maximum Gasteiger partial charge on any atom is 0.307 e. The van der Waals surface area contributed by atoms with Gasteiger partial charge in [0, 0.05) is 12.0 Å². The van der Waals surface area contributed by atoms with E-state index in [1.165, 1.54) is 6.20 Å². The van der Waals surface area contributed by atoms with Gasteiger partial charge in [-0.3, -0.25) is 9.59 Å². The van der Waals surface area contributed by atoms with Crippen molar-refractivity contribution in [3.8, 4) is 11.3 Å². The predicted molar refractivity (Wildman–Crippen MR) is 79.0 cm³/mol. The topological polar surface area (TPSA) is 126 Å². The van der Waals surface area contributed by atoms with E-state index >= 15 is 0 Å². The molecule has 0 aliphatic rings. The monoisotopic (exact) mass is 301 g/mol. The molecule has 0 saturated carbocycles. The zero-order chi connectivity index (χ0) is 16.1. The lowest BCUT2D eigenvalue weighted by atomic mass is 10.0. The molecule has 7 heteroatoms. The van der Waals surface area contributed by atoms with E-state index in [0.717, 1.165) is 5.56 Å². The fourth-order valence-electron chi connectivity index (χ4n) is 2.03. The third-order valence-electron chi connectivity index (χ3n) is 3.11. The summed E-state index contributed by atoms with van der Waals surface area (Å²) in [5.41, 5.74) is 7.52. The van der Waals surface area contributed by atoms with Gasteiger partial charge in [-0.05, 0) is 0 Å². The molecule has 0 amide bonds. The molecular formula is C15H15N3O4. The summed E-state index contributed by atoms with van der Waals surface area (Å²) < 4.78 is 0. The number of nitrogens with zero attached hydrogens (tertiary/aromatic N) is 2. The number of benzene rings is 1. The van der Waals surface area contributed by atoms with Crippen molar-refractivity contribution in [3.63, 3.8) is 0 Å². The van der Waals surface area contributed by atoms with Crippen molar-refractivity contribution in [2.45, 2.75) is 12.8 Å². The Hall–Kier alpha value is -2.96. The Kier molecular flexibility index (Phi) is 4.67. The summed E-state index contributed by atoms with van der Waals surface area (Å²) in [6.07, 6.45) is 0.857. The highest BCUT2D eigenvalue weighted by Crippen LogP contribution is 2.23. The first-order valence-electron chi connectivity index (χ1n) is 6.58. The number of hydrogen-bond donors (Lipinski definition) is 3. The van der Waals surface area contributed by atoms with Crippen LogP contribution < -0.4 is 5.73 Å². The lowest BCUT2D eigenvalue weighted by Gasteiger charge is -2.11. The number of nitrogen functional groups attached to an aromatic ring is 1. The van der Waals surface area contributed by atoms with E-state index < -0.39 is 24.3 Å². The number of aromatic nitrogens is 2. The van der Waals surface area contributed by atoms with Crippen molar-refractivity contribution in [2.24, 2.45) is 5.92 Å². The Morgan fingerprint density at radius 3 is 2.45 bits per heavy atom. The number of carboxylic acids is 2. The quantitative estimate of drug-likeness (QED) is 0.736. The molecule has 0 bridgehead atoms. The van der Waals surface area contributed by atoms with Crippen LogP contribution in [-0.4, -0.2) is 32.1 Å². The molecule has 2 rings (SSSR count). The van der Waals surface area contributed by atoms with Crippen LogP contribution >= 0.6 is 0 Å². The van der Waals surface area contributed by atoms with Crippen LogP contribution in [0.1, 0.15) is 12.2 Å². The summed E-state index contributed by atoms with van der Waals surface area (Å²) in [6, 6.07) is 9.18. The van der Waals surface area contributed by atoms with Gasteiger partial charge in [0.25, 0.3) is 0 Å². The van der Waals surface area contributed by atoms with E-state index in [1.54, 1.807) is 0 Å². The SMILES string of the molecule is Nc1cnc(C[C@H](CC(=O)O)C(=O)O)nc1-c1ccccc1. The number of rotatable bonds is 6. The molecule has 22 heavy (non-hydrogen) atoms. The second-order valence-electron chi connectivity index (χ2n) is 4.79. The summed E-state index contributed by atoms with van der Waals surface area (Å²) in [7, 11) is 0. The average molecular weight is 301 g/mol. The van der Waals surface area contributed by atoms with Crippen molar-refractivity contribution in [3.05, 3.63) is 42.4 Å². The maximum absolute atomic E-state index is 11.1. The summed E-state index contributed by atoms with van der Waals surface area (Å²) in [4.78, 5) is 30.1. The first-order valence-corrected chi connectivity index (χ1v) is 6.58. The molecule has 0 radical (unpaired) electrons. The van der Waals surface area contributed by atoms with E-state index in [2.05, 4.69) is 9.97 Å². The summed E-state index contributed by atoms with van der Waals surface area (Å²) in [6.45, 7) is 0. The Morgan fingerprint density at radius 1 is 1.18 bits per heavy atom. The van der Waals surface area contributed by atoms with Crippen LogP contribution in [0.2, 0.25) is 0 Å². The predicted octanol–water partition coefficient (Wildman–Crippen LogP) is 1.44. The molecule has 0 aliphatic carbocycles. The van der Waals surface area contributed by atoms with Gasteiger partial charge >= 0.3 is 11.9 Å². The molecule has 0 unspecified atom stereocenters. The first-order chi connectivity index (χ1) is 10.5. The van der Waals surface area contributed by atoms with Crippen molar-refractivity contribution >= 4 is 17.6 Å². The second-order valence-corrected chi connectivity index (χ2v) is 4.79. The largest absolute Gasteiger partial charge is 0.481 e. The van der Waals surface area contributed by atoms with Gasteiger partial charge in [0.05, 0.1) is 29.9 Å². The summed E-state index contributed by atoms with van der Waals surface area (Å²) in [5.74, 6) is -3.19. The minimum Gasteiger partial charge on any atom is -0.481 e. The van der Waals surface area contributed by atoms with Crippen molar-refractivity contribution < 1.29 is 19.8 Å². The number of hydrogen-bond acceptors (Lipinski definition) is 5. The average Bonchev–Trinajstić information content (AvgIpc) is 2.48. The number of carboxylic acid groups (broad SMARTS) is 2. The molecule has 0 aliphatic heterocycles. The van der Waals surface area contributed by atoms with Crippen LogP contribution in [0.3, 0.4) is 0 Å². The van der Waals surface area contributed by atoms with Crippen molar-refractivity contribution in [1.29, 1.82) is 0 Å². The fourth-order valence-corrected chi connectivity index (χ4v) is 2.03. The molecular weight excluding hydrogens is 286 g/mol. The van der Waals surface area contributed by atoms with Crippen LogP contribution in [0, 0.1) is 5.92 Å². The lowest BCUT2D eigenvalue weighted by molar-refractivity contribution is -0.148. The van der Waals surface area contributed by atoms with E-state index in [4.69, 9.17) is 15.9 Å². The van der Waals surface area contributed by atoms with E-state index in [-0.39, 0.29) is 12.2 Å². The molecule has 0 spiro atoms. The van der Waals surface area contributed by atoms with Crippen LogP contribution in [0.15, 0.2) is 36.5 Å². The van der Waals surface area contributed by atoms with Gasteiger partial charge in [0.1, 0.15) is 5.82 Å². The van der Waals surface area contributed by atoms with E-state index in [9.17, 15) is 9.59 Å². The highest BCUT2D eigenvalue weighted by molar-refractivity contribution is 5.78. The lowest BCUT2D eigenvalue weighted by Crippen LogP contribution is -2.21. The van der Waals surface area contributed by atoms with Crippen LogP contribution in [0.4, 0.5) is 5.69 Å². The van der Waals surface area contributed by atoms with Gasteiger partial charge in [0.15, 0.2) is 0 Å². The van der Waals surface area contributed by atoms with Gasteiger partial charge in [-0.2, -0.15) is 0 Å². The van der Waals surface area contributed by atoms with Gasteiger partial charge in [-0.25, -0.2) is 9.97 Å². The normalized spacial score (nSPS) is 11.8. The Bertz CT molecular complexity index is 688. The van der Waals surface area contributed by atoms with Crippen molar-refractivity contribution in [1.82, 2.24) is 9.97 Å². The van der Waals surface area contributed by atoms with Crippen molar-refractivity contribution in [2.75, 3.05) is 5.73 Å². The molecule has 0 fully saturated rings. The van der Waals surface area contributed by atoms with Crippen LogP contribution in [-0.2, 0) is 16.0 Å². The second kappa shape index (κ2) is 6.66. The Balaban J connectivity index is 2.29. The third kappa shape index (κ3) is 3.78. The first kappa shape index (κ1) is 15.4. The molecule has 1 heterocycles. The molecule has 1 aromatic carbocycles. The maximum atomic E-state index is 11.1. The van der Waals surface area contributed by atoms with Crippen LogP contribution in [0.25, 0.3) is 11.3 Å². The third-order valence-corrected chi connectivity index (χ3v) is 3.11. The van der Waals surface area contributed by atoms with Gasteiger partial charge in [-0.1, -0.05) is 30.3 Å². The minimum atomic E-state index is -1.19. The standard InChI is InChI=1S/C15H15N3O4/c16-11-8-17-12(6-10(15(21)22)7-13(19)20)18-14(11)9-4-2-1-3-5-9/h1-5,8,10H,6-7,16H2,(H,19,20)(H,21,22)/t10-/m1/s1. The number of aliphatic carboxylic acids is 2. The minimum absolute atomic E-state index is 0.0677. The zero-order valence-corrected chi connectivity index (χ0v) is 11.6. The molecule has 4 N–H and O–H groups in total. The molecule has 114 valence electrons. The number of carbonyl (C=O) groups is 2. The zero-order valence-electron chi connectivity index (χ0n) is 11.6. The Labute approximate surface area is 126 Å². The fraction of sp³-hybridized carbons (Fsp3) is 0.200. The number of anilines is 1. The van der Waals surface area contributed by atoms with Gasteiger partial charge in [-0.15, -0.1) is 0 Å². The number of nitrogens with two attached hydrogens (primary N) is 1. The molecule has 0 saturated heterocycles. The Morgan fingerprint density at radius 2 is 1.86 bits per heavy atom. The highest BCUT2D eigenvalue weighted by atomic mass is 16.4. The van der Waals surface area contributed by atoms with E-state index in [0.29, 0.717) is 11.4 Å². The highest BCUT2D eigenvalue weighted by Gasteiger charge is 2.23. The molecule has 7 nitrogen and oxygen atoms in total. The molecule has 1 atom stereocenters. The molecule has 2 aromatic rings. The van der Waals surface area contributed by atoms with E-state index in [1.807, 2.05) is 30.3 Å². The van der Waals surface area contributed by atoms with Gasteiger partial charge < -0.3 is 15.9 Å². The molecule has 1 aromatic heterocycles. The summed E-state index contributed by atoms with van der Waals surface area (Å²) >= 11 is 0. The van der Waals surface area contributed by atoms with Gasteiger partial charge in [0.2, 0.25) is 0 Å². The summed E-state index contributed by atoms with van der Waals surface area (Å²) in [5, 5.41) is 17.8. The van der Waals surface area contributed by atoms with Crippen LogP contribution in [0.5, 0.6) is 0 Å². The smallest absolute Gasteiger partial charge is 0.307 e.